The molecule has 2 aromatic carbocycles. The number of halogens is 7. The number of benzene rings is 2. The predicted octanol–water partition coefficient (Wildman–Crippen LogP) is 5.31. The lowest BCUT2D eigenvalue weighted by atomic mass is 9.87. The smallest absolute Gasteiger partial charge is 0.416 e. The number of carboxylic acids is 1. The Bertz CT molecular complexity index is 1180. The molecule has 1 unspecified atom stereocenters. The number of aliphatic carboxylic acids is 1. The van der Waals surface area contributed by atoms with E-state index in [9.17, 15) is 39.6 Å². The summed E-state index contributed by atoms with van der Waals surface area (Å²) in [6.07, 6.45) is -9.40. The lowest BCUT2D eigenvalue weighted by Gasteiger charge is -2.28. The SMILES string of the molecule is O=C(O)COc1cc(Br)cc2c1CCCC2NS(=O)(=O)c1cc(C(F)(F)F)cc(C(F)(F)F)c1. The molecule has 0 saturated carbocycles. The van der Waals surface area contributed by atoms with Crippen molar-refractivity contribution in [2.45, 2.75) is 42.6 Å². The van der Waals surface area contributed by atoms with Gasteiger partial charge in [0.1, 0.15) is 5.75 Å². The van der Waals surface area contributed by atoms with E-state index >= 15 is 0 Å². The van der Waals surface area contributed by atoms with E-state index in [4.69, 9.17) is 9.84 Å². The van der Waals surface area contributed by atoms with Gasteiger partial charge in [-0.15, -0.1) is 0 Å². The molecule has 2 aromatic rings. The minimum Gasteiger partial charge on any atom is -0.482 e. The van der Waals surface area contributed by atoms with E-state index in [2.05, 4.69) is 20.7 Å². The van der Waals surface area contributed by atoms with Crippen LogP contribution in [-0.2, 0) is 33.6 Å². The van der Waals surface area contributed by atoms with Gasteiger partial charge in [0, 0.05) is 10.5 Å². The van der Waals surface area contributed by atoms with E-state index in [1.165, 1.54) is 12.1 Å². The minimum atomic E-state index is -5.20. The van der Waals surface area contributed by atoms with Crippen molar-refractivity contribution in [1.29, 1.82) is 0 Å². The average Bonchev–Trinajstić information content (AvgIpc) is 2.70. The molecular formula is C20H16BrF6NO5S. The Morgan fingerprint density at radius 1 is 1.06 bits per heavy atom. The minimum absolute atomic E-state index is 0.142. The molecule has 186 valence electrons. The third-order valence-corrected chi connectivity index (χ3v) is 6.93. The van der Waals surface area contributed by atoms with Crippen molar-refractivity contribution in [1.82, 2.24) is 4.72 Å². The number of rotatable bonds is 6. The van der Waals surface area contributed by atoms with Crippen LogP contribution in [0.15, 0.2) is 39.7 Å². The predicted molar refractivity (Wildman–Crippen MR) is 110 cm³/mol. The molecule has 0 fully saturated rings. The molecule has 14 heteroatoms. The van der Waals surface area contributed by atoms with Crippen LogP contribution in [0.25, 0.3) is 0 Å². The highest BCUT2D eigenvalue weighted by molar-refractivity contribution is 9.10. The molecule has 0 radical (unpaired) electrons. The van der Waals surface area contributed by atoms with E-state index in [-0.39, 0.29) is 30.4 Å². The van der Waals surface area contributed by atoms with Gasteiger partial charge in [-0.2, -0.15) is 26.3 Å². The standard InChI is InChI=1S/C20H16BrF6NO5S/c21-12-7-15-14(17(8-12)33-9-18(29)30)2-1-3-16(15)28-34(31,32)13-5-10(19(22,23)24)4-11(6-13)20(25,26)27/h4-8,16,28H,1-3,9H2,(H,29,30). The highest BCUT2D eigenvalue weighted by Gasteiger charge is 2.39. The van der Waals surface area contributed by atoms with Gasteiger partial charge in [-0.25, -0.2) is 17.9 Å². The quantitative estimate of drug-likeness (QED) is 0.456. The van der Waals surface area contributed by atoms with Crippen LogP contribution in [0.3, 0.4) is 0 Å². The molecule has 0 bridgehead atoms. The van der Waals surface area contributed by atoms with E-state index in [0.717, 1.165) is 0 Å². The highest BCUT2D eigenvalue weighted by atomic mass is 79.9. The molecule has 0 saturated heterocycles. The Hall–Kier alpha value is -2.32. The van der Waals surface area contributed by atoms with Crippen LogP contribution in [-0.4, -0.2) is 26.1 Å². The van der Waals surface area contributed by atoms with Crippen molar-refractivity contribution in [2.24, 2.45) is 0 Å². The molecule has 0 amide bonds. The first-order chi connectivity index (χ1) is 15.6. The summed E-state index contributed by atoms with van der Waals surface area (Å²) < 4.78 is 113. The first-order valence-corrected chi connectivity index (χ1v) is 11.8. The first-order valence-electron chi connectivity index (χ1n) is 9.56. The molecule has 0 spiro atoms. The second-order valence-electron chi connectivity index (χ2n) is 7.46. The van der Waals surface area contributed by atoms with Gasteiger partial charge in [-0.05, 0) is 60.7 Å². The van der Waals surface area contributed by atoms with E-state index in [1.807, 2.05) is 0 Å². The fourth-order valence-electron chi connectivity index (χ4n) is 3.58. The van der Waals surface area contributed by atoms with Crippen LogP contribution in [0.1, 0.15) is 41.1 Å². The third kappa shape index (κ3) is 6.02. The molecule has 1 aliphatic rings. The zero-order valence-electron chi connectivity index (χ0n) is 16.9. The van der Waals surface area contributed by atoms with Crippen LogP contribution in [0.5, 0.6) is 5.75 Å². The molecule has 0 aliphatic heterocycles. The summed E-state index contributed by atoms with van der Waals surface area (Å²) in [5.41, 5.74) is -2.64. The van der Waals surface area contributed by atoms with E-state index < -0.39 is 57.0 Å². The van der Waals surface area contributed by atoms with Crippen molar-refractivity contribution in [3.05, 3.63) is 57.1 Å². The molecule has 0 aromatic heterocycles. The summed E-state index contributed by atoms with van der Waals surface area (Å²) >= 11 is 3.21. The molecule has 1 aliphatic carbocycles. The topological polar surface area (TPSA) is 92.7 Å². The number of nitrogens with one attached hydrogen (secondary N) is 1. The van der Waals surface area contributed by atoms with E-state index in [1.54, 1.807) is 0 Å². The fraction of sp³-hybridized carbons (Fsp3) is 0.350. The Labute approximate surface area is 198 Å². The normalized spacial score (nSPS) is 16.7. The molecule has 34 heavy (non-hydrogen) atoms. The van der Waals surface area contributed by atoms with Gasteiger partial charge < -0.3 is 9.84 Å². The second kappa shape index (κ2) is 9.38. The van der Waals surface area contributed by atoms with Crippen LogP contribution in [0.4, 0.5) is 26.3 Å². The number of hydrogen-bond donors (Lipinski definition) is 2. The zero-order valence-corrected chi connectivity index (χ0v) is 19.3. The summed E-state index contributed by atoms with van der Waals surface area (Å²) in [5.74, 6) is -1.07. The number of alkyl halides is 6. The number of hydrogen-bond acceptors (Lipinski definition) is 4. The van der Waals surface area contributed by atoms with Crippen LogP contribution < -0.4 is 9.46 Å². The van der Waals surface area contributed by atoms with Crippen molar-refractivity contribution in [3.63, 3.8) is 0 Å². The summed E-state index contributed by atoms with van der Waals surface area (Å²) in [7, 11) is -4.82. The number of carbonyl (C=O) groups is 1. The maximum absolute atomic E-state index is 13.2. The van der Waals surface area contributed by atoms with Gasteiger partial charge in [0.15, 0.2) is 6.61 Å². The summed E-state index contributed by atoms with van der Waals surface area (Å²) in [4.78, 5) is 9.66. The van der Waals surface area contributed by atoms with Crippen LogP contribution in [0.2, 0.25) is 0 Å². The molecule has 3 rings (SSSR count). The number of fused-ring (bicyclic) bond motifs is 1. The van der Waals surface area contributed by atoms with E-state index in [0.29, 0.717) is 28.4 Å². The monoisotopic (exact) mass is 575 g/mol. The molecule has 6 nitrogen and oxygen atoms in total. The lowest BCUT2D eigenvalue weighted by molar-refractivity contribution is -0.143. The average molecular weight is 576 g/mol. The summed E-state index contributed by atoms with van der Waals surface area (Å²) in [6.45, 7) is -0.663. The van der Waals surface area contributed by atoms with Crippen molar-refractivity contribution in [2.75, 3.05) is 6.61 Å². The van der Waals surface area contributed by atoms with Gasteiger partial charge in [0.05, 0.1) is 16.0 Å². The molecule has 1 atom stereocenters. The largest absolute Gasteiger partial charge is 0.482 e. The Morgan fingerprint density at radius 3 is 2.18 bits per heavy atom. The Kier molecular flexibility index (Phi) is 7.25. The highest BCUT2D eigenvalue weighted by Crippen LogP contribution is 2.40. The van der Waals surface area contributed by atoms with Crippen LogP contribution in [0, 0.1) is 0 Å². The summed E-state index contributed by atoms with van der Waals surface area (Å²) in [6, 6.07) is 2.15. The third-order valence-electron chi connectivity index (χ3n) is 5.02. The van der Waals surface area contributed by atoms with Crippen LogP contribution >= 0.6 is 15.9 Å². The van der Waals surface area contributed by atoms with Gasteiger partial charge in [-0.3, -0.25) is 0 Å². The zero-order chi connectivity index (χ0) is 25.5. The number of carboxylic acid groups (broad SMARTS) is 1. The number of sulfonamides is 1. The van der Waals surface area contributed by atoms with Gasteiger partial charge in [0.2, 0.25) is 10.0 Å². The van der Waals surface area contributed by atoms with Crippen molar-refractivity contribution < 1.29 is 49.4 Å². The van der Waals surface area contributed by atoms with Gasteiger partial charge in [0.25, 0.3) is 0 Å². The Balaban J connectivity index is 2.02. The molecule has 0 heterocycles. The van der Waals surface area contributed by atoms with Crippen molar-refractivity contribution in [3.8, 4) is 5.75 Å². The lowest BCUT2D eigenvalue weighted by Crippen LogP contribution is -2.32. The van der Waals surface area contributed by atoms with Gasteiger partial charge in [-0.1, -0.05) is 15.9 Å². The second-order valence-corrected chi connectivity index (χ2v) is 10.1. The molecular weight excluding hydrogens is 560 g/mol. The molecule has 2 N–H and O–H groups in total. The Morgan fingerprint density at radius 2 is 1.65 bits per heavy atom. The maximum atomic E-state index is 13.2. The van der Waals surface area contributed by atoms with Gasteiger partial charge >= 0.3 is 18.3 Å². The fourth-order valence-corrected chi connectivity index (χ4v) is 5.35. The number of ether oxygens (including phenoxy) is 1. The maximum Gasteiger partial charge on any atom is 0.416 e. The van der Waals surface area contributed by atoms with Crippen molar-refractivity contribution >= 4 is 31.9 Å². The first kappa shape index (κ1) is 26.3. The summed E-state index contributed by atoms with van der Waals surface area (Å²) in [5, 5.41) is 8.85.